The smallest absolute Gasteiger partial charge is 0.119 e. The summed E-state index contributed by atoms with van der Waals surface area (Å²) in [5.41, 5.74) is 0. The van der Waals surface area contributed by atoms with Crippen molar-refractivity contribution in [1.29, 1.82) is 0 Å². The Morgan fingerprint density at radius 1 is 0.680 bits per heavy atom. The normalized spacial score (nSPS) is 20.4. The summed E-state index contributed by atoms with van der Waals surface area (Å²) < 4.78 is 11.5. The van der Waals surface area contributed by atoms with E-state index in [-0.39, 0.29) is 0 Å². The molecule has 0 saturated heterocycles. The molecule has 1 aromatic rings. The lowest BCUT2D eigenvalue weighted by Crippen LogP contribution is -2.15. The topological polar surface area (TPSA) is 18.5 Å². The SMILES string of the molecule is CCCCCC1CCC(CCCOc2ccc(OCCC)cc2)CC1. The standard InChI is InChI=1S/C23H38O2/c1-3-5-6-8-20-10-12-21(13-11-20)9-7-19-25-23-16-14-22(15-17-23)24-18-4-2/h14-17,20-21H,3-13,18-19H2,1-2H3. The highest BCUT2D eigenvalue weighted by Gasteiger charge is 2.20. The summed E-state index contributed by atoms with van der Waals surface area (Å²) in [5.74, 6) is 3.86. The zero-order valence-electron chi connectivity index (χ0n) is 16.5. The van der Waals surface area contributed by atoms with Gasteiger partial charge in [-0.3, -0.25) is 0 Å². The maximum atomic E-state index is 5.89. The van der Waals surface area contributed by atoms with E-state index in [4.69, 9.17) is 9.47 Å². The summed E-state index contributed by atoms with van der Waals surface area (Å²) in [6.07, 6.45) is 15.1. The van der Waals surface area contributed by atoms with Gasteiger partial charge in [0, 0.05) is 0 Å². The fourth-order valence-electron chi connectivity index (χ4n) is 3.91. The molecule has 0 bridgehead atoms. The highest BCUT2D eigenvalue weighted by atomic mass is 16.5. The largest absolute Gasteiger partial charge is 0.494 e. The first-order valence-electron chi connectivity index (χ1n) is 10.7. The molecule has 0 N–H and O–H groups in total. The Balaban J connectivity index is 1.53. The molecule has 1 aliphatic carbocycles. The molecule has 142 valence electrons. The van der Waals surface area contributed by atoms with Crippen LogP contribution in [0.2, 0.25) is 0 Å². The van der Waals surface area contributed by atoms with Crippen molar-refractivity contribution in [1.82, 2.24) is 0 Å². The minimum atomic E-state index is 0.779. The van der Waals surface area contributed by atoms with E-state index in [1.807, 2.05) is 24.3 Å². The van der Waals surface area contributed by atoms with E-state index in [0.29, 0.717) is 0 Å². The second-order valence-corrected chi connectivity index (χ2v) is 7.69. The Kier molecular flexibility index (Phi) is 9.84. The minimum absolute atomic E-state index is 0.779. The van der Waals surface area contributed by atoms with Crippen molar-refractivity contribution < 1.29 is 9.47 Å². The molecule has 0 aliphatic heterocycles. The summed E-state index contributed by atoms with van der Waals surface area (Å²) in [4.78, 5) is 0. The van der Waals surface area contributed by atoms with E-state index in [9.17, 15) is 0 Å². The van der Waals surface area contributed by atoms with Crippen molar-refractivity contribution in [2.24, 2.45) is 11.8 Å². The molecule has 0 atom stereocenters. The van der Waals surface area contributed by atoms with Crippen LogP contribution in [0, 0.1) is 11.8 Å². The molecule has 0 radical (unpaired) electrons. The molecular weight excluding hydrogens is 308 g/mol. The van der Waals surface area contributed by atoms with E-state index in [0.717, 1.165) is 43.0 Å². The van der Waals surface area contributed by atoms with Crippen LogP contribution in [-0.4, -0.2) is 13.2 Å². The van der Waals surface area contributed by atoms with E-state index in [1.54, 1.807) is 0 Å². The molecule has 1 aliphatic rings. The Labute approximate surface area is 155 Å². The number of hydrogen-bond donors (Lipinski definition) is 0. The molecule has 1 saturated carbocycles. The number of unbranched alkanes of at least 4 members (excludes halogenated alkanes) is 2. The molecule has 1 aromatic carbocycles. The Morgan fingerprint density at radius 2 is 1.20 bits per heavy atom. The Bertz CT molecular complexity index is 432. The number of ether oxygens (including phenoxy) is 2. The summed E-state index contributed by atoms with van der Waals surface area (Å²) in [7, 11) is 0. The van der Waals surface area contributed by atoms with Gasteiger partial charge in [0.2, 0.25) is 0 Å². The van der Waals surface area contributed by atoms with Gasteiger partial charge in [0.05, 0.1) is 13.2 Å². The van der Waals surface area contributed by atoms with E-state index in [2.05, 4.69) is 13.8 Å². The quantitative estimate of drug-likeness (QED) is 0.378. The Hall–Kier alpha value is -1.18. The minimum Gasteiger partial charge on any atom is -0.494 e. The molecule has 0 aromatic heterocycles. The Morgan fingerprint density at radius 3 is 1.72 bits per heavy atom. The number of hydrogen-bond acceptors (Lipinski definition) is 2. The molecule has 0 amide bonds. The summed E-state index contributed by atoms with van der Waals surface area (Å²) >= 11 is 0. The second kappa shape index (κ2) is 12.2. The first kappa shape index (κ1) is 20.1. The number of benzene rings is 1. The molecule has 2 rings (SSSR count). The van der Waals surface area contributed by atoms with Crippen LogP contribution in [0.4, 0.5) is 0 Å². The first-order chi connectivity index (χ1) is 12.3. The summed E-state index contributed by atoms with van der Waals surface area (Å²) in [6, 6.07) is 8.05. The molecule has 25 heavy (non-hydrogen) atoms. The zero-order chi connectivity index (χ0) is 17.7. The van der Waals surface area contributed by atoms with Gasteiger partial charge < -0.3 is 9.47 Å². The molecule has 2 heteroatoms. The average molecular weight is 347 g/mol. The van der Waals surface area contributed by atoms with Gasteiger partial charge in [-0.15, -0.1) is 0 Å². The maximum absolute atomic E-state index is 5.89. The van der Waals surface area contributed by atoms with Crippen LogP contribution in [0.25, 0.3) is 0 Å². The van der Waals surface area contributed by atoms with Gasteiger partial charge in [0.25, 0.3) is 0 Å². The number of rotatable bonds is 12. The van der Waals surface area contributed by atoms with Gasteiger partial charge in [0.15, 0.2) is 0 Å². The van der Waals surface area contributed by atoms with Crippen molar-refractivity contribution in [2.45, 2.75) is 84.5 Å². The third-order valence-corrected chi connectivity index (χ3v) is 5.50. The van der Waals surface area contributed by atoms with E-state index < -0.39 is 0 Å². The van der Waals surface area contributed by atoms with Gasteiger partial charge in [0.1, 0.15) is 11.5 Å². The van der Waals surface area contributed by atoms with E-state index in [1.165, 1.54) is 64.2 Å². The highest BCUT2D eigenvalue weighted by molar-refractivity contribution is 5.31. The summed E-state index contributed by atoms with van der Waals surface area (Å²) in [5, 5.41) is 0. The molecule has 2 nitrogen and oxygen atoms in total. The lowest BCUT2D eigenvalue weighted by molar-refractivity contribution is 0.228. The van der Waals surface area contributed by atoms with Crippen molar-refractivity contribution in [3.63, 3.8) is 0 Å². The maximum Gasteiger partial charge on any atom is 0.119 e. The van der Waals surface area contributed by atoms with Gasteiger partial charge in [-0.2, -0.15) is 0 Å². The van der Waals surface area contributed by atoms with Crippen LogP contribution in [0.3, 0.4) is 0 Å². The van der Waals surface area contributed by atoms with Gasteiger partial charge >= 0.3 is 0 Å². The predicted molar refractivity (Wildman–Crippen MR) is 107 cm³/mol. The lowest BCUT2D eigenvalue weighted by atomic mass is 9.78. The van der Waals surface area contributed by atoms with Crippen LogP contribution >= 0.6 is 0 Å². The molecule has 1 fully saturated rings. The lowest BCUT2D eigenvalue weighted by Gasteiger charge is -2.28. The highest BCUT2D eigenvalue weighted by Crippen LogP contribution is 2.34. The average Bonchev–Trinajstić information content (AvgIpc) is 2.66. The van der Waals surface area contributed by atoms with Crippen LogP contribution in [0.1, 0.15) is 84.5 Å². The molecule has 0 heterocycles. The third kappa shape index (κ3) is 8.16. The van der Waals surface area contributed by atoms with Crippen LogP contribution < -0.4 is 9.47 Å². The van der Waals surface area contributed by atoms with Crippen LogP contribution in [-0.2, 0) is 0 Å². The van der Waals surface area contributed by atoms with Crippen molar-refractivity contribution in [3.05, 3.63) is 24.3 Å². The van der Waals surface area contributed by atoms with Crippen molar-refractivity contribution in [2.75, 3.05) is 13.2 Å². The fraction of sp³-hybridized carbons (Fsp3) is 0.739. The van der Waals surface area contributed by atoms with Crippen LogP contribution in [0.15, 0.2) is 24.3 Å². The predicted octanol–water partition coefficient (Wildman–Crippen LogP) is 7.02. The summed E-state index contributed by atoms with van der Waals surface area (Å²) in [6.45, 7) is 6.04. The monoisotopic (exact) mass is 346 g/mol. The van der Waals surface area contributed by atoms with Gasteiger partial charge in [-0.05, 0) is 55.4 Å². The third-order valence-electron chi connectivity index (χ3n) is 5.50. The zero-order valence-corrected chi connectivity index (χ0v) is 16.5. The molecule has 0 spiro atoms. The van der Waals surface area contributed by atoms with Crippen molar-refractivity contribution >= 4 is 0 Å². The van der Waals surface area contributed by atoms with E-state index >= 15 is 0 Å². The van der Waals surface area contributed by atoms with Gasteiger partial charge in [-0.25, -0.2) is 0 Å². The van der Waals surface area contributed by atoms with Crippen LogP contribution in [0.5, 0.6) is 11.5 Å². The van der Waals surface area contributed by atoms with Crippen molar-refractivity contribution in [3.8, 4) is 11.5 Å². The molecule has 0 unspecified atom stereocenters. The van der Waals surface area contributed by atoms with Gasteiger partial charge in [-0.1, -0.05) is 65.2 Å². The second-order valence-electron chi connectivity index (χ2n) is 7.69. The fourth-order valence-corrected chi connectivity index (χ4v) is 3.91. The first-order valence-corrected chi connectivity index (χ1v) is 10.7. The molecular formula is C23H38O2.